The van der Waals surface area contributed by atoms with Crippen molar-refractivity contribution in [3.63, 3.8) is 0 Å². The second-order valence-electron chi connectivity index (χ2n) is 9.08. The highest BCUT2D eigenvalue weighted by molar-refractivity contribution is 6.14. The number of carbonyl (C=O) groups excluding carboxylic acids is 1. The average Bonchev–Trinajstić information content (AvgIpc) is 3.21. The molecule has 1 fully saturated rings. The number of carbonyl (C=O) groups is 1. The number of rotatable bonds is 5. The number of ether oxygens (including phenoxy) is 1. The Morgan fingerprint density at radius 1 is 1.17 bits per heavy atom. The van der Waals surface area contributed by atoms with Crippen molar-refractivity contribution in [2.24, 2.45) is 0 Å². The second kappa shape index (κ2) is 9.03. The molecule has 0 bridgehead atoms. The Bertz CT molecular complexity index is 1410. The number of pyridine rings is 1. The van der Waals surface area contributed by atoms with Crippen LogP contribution in [0.1, 0.15) is 29.9 Å². The van der Waals surface area contributed by atoms with Crippen LogP contribution in [0.3, 0.4) is 0 Å². The summed E-state index contributed by atoms with van der Waals surface area (Å²) in [5.74, 6) is -0.261. The fourth-order valence-corrected chi connectivity index (χ4v) is 4.84. The minimum atomic E-state index is -0.261. The van der Waals surface area contributed by atoms with Crippen molar-refractivity contribution in [1.29, 1.82) is 0 Å². The minimum Gasteiger partial charge on any atom is -0.467 e. The highest BCUT2D eigenvalue weighted by atomic mass is 16.5. The van der Waals surface area contributed by atoms with E-state index in [1.165, 1.54) is 7.11 Å². The summed E-state index contributed by atoms with van der Waals surface area (Å²) in [6.07, 6.45) is 5.51. The van der Waals surface area contributed by atoms with Gasteiger partial charge in [0.1, 0.15) is 0 Å². The Morgan fingerprint density at radius 2 is 1.94 bits per heavy atom. The molecule has 1 aliphatic heterocycles. The van der Waals surface area contributed by atoms with E-state index in [1.54, 1.807) is 6.20 Å². The first-order valence-corrected chi connectivity index (χ1v) is 11.7. The summed E-state index contributed by atoms with van der Waals surface area (Å²) in [6, 6.07) is 6.60. The molecule has 4 heterocycles. The zero-order valence-corrected chi connectivity index (χ0v) is 20.6. The first-order valence-electron chi connectivity index (χ1n) is 11.7. The van der Waals surface area contributed by atoms with E-state index in [9.17, 15) is 4.79 Å². The molecule has 2 atom stereocenters. The molecule has 0 radical (unpaired) electrons. The smallest absolute Gasteiger partial charge is 0.316 e. The van der Waals surface area contributed by atoms with E-state index < -0.39 is 0 Å². The summed E-state index contributed by atoms with van der Waals surface area (Å²) < 4.78 is 7.18. The Hall–Kier alpha value is -3.92. The summed E-state index contributed by atoms with van der Waals surface area (Å²) in [7, 11) is 3.35. The topological polar surface area (TPSA) is 109 Å². The third-order valence-electron chi connectivity index (χ3n) is 6.23. The van der Waals surface area contributed by atoms with Crippen LogP contribution in [0.25, 0.3) is 16.6 Å². The Labute approximate surface area is 203 Å². The summed E-state index contributed by atoms with van der Waals surface area (Å²) >= 11 is 0. The van der Waals surface area contributed by atoms with Gasteiger partial charge in [0, 0.05) is 61.9 Å². The second-order valence-corrected chi connectivity index (χ2v) is 9.08. The molecule has 1 aliphatic rings. The third-order valence-corrected chi connectivity index (χ3v) is 6.23. The van der Waals surface area contributed by atoms with Gasteiger partial charge in [0.05, 0.1) is 35.3 Å². The molecule has 1 aromatic carbocycles. The number of aryl methyl sites for hydroxylation is 1. The van der Waals surface area contributed by atoms with Gasteiger partial charge >= 0.3 is 6.01 Å². The summed E-state index contributed by atoms with van der Waals surface area (Å²) in [5.41, 5.74) is 5.18. The summed E-state index contributed by atoms with van der Waals surface area (Å²) in [5, 5.41) is 10.5. The Morgan fingerprint density at radius 3 is 2.66 bits per heavy atom. The van der Waals surface area contributed by atoms with Crippen LogP contribution >= 0.6 is 0 Å². The van der Waals surface area contributed by atoms with Crippen LogP contribution in [0.5, 0.6) is 6.01 Å². The van der Waals surface area contributed by atoms with Crippen LogP contribution in [0.15, 0.2) is 36.8 Å². The van der Waals surface area contributed by atoms with Crippen LogP contribution in [-0.4, -0.2) is 64.6 Å². The van der Waals surface area contributed by atoms with Gasteiger partial charge in [0.25, 0.3) is 5.91 Å². The number of anilines is 3. The SMILES string of the molecule is CNc1cc(NC(=O)c2ccc(N3C[C@H](C)N[C@@H](C)C3)c3cnc(OC)nc23)cn2cc(C)nc12. The molecular weight excluding hydrogens is 444 g/mol. The zero-order chi connectivity index (χ0) is 24.7. The molecule has 0 spiro atoms. The third kappa shape index (κ3) is 4.32. The molecule has 3 aromatic heterocycles. The molecule has 4 aromatic rings. The fraction of sp³-hybridized carbons (Fsp3) is 0.360. The largest absolute Gasteiger partial charge is 0.467 e. The monoisotopic (exact) mass is 474 g/mol. The van der Waals surface area contributed by atoms with Gasteiger partial charge in [-0.3, -0.25) is 4.79 Å². The molecular formula is C25H30N8O2. The first kappa shape index (κ1) is 22.9. The molecule has 1 saturated heterocycles. The maximum absolute atomic E-state index is 13.5. The van der Waals surface area contributed by atoms with E-state index in [1.807, 2.05) is 49.0 Å². The molecule has 10 heteroatoms. The van der Waals surface area contributed by atoms with Gasteiger partial charge in [0.15, 0.2) is 5.65 Å². The van der Waals surface area contributed by atoms with Crippen LogP contribution in [0.4, 0.5) is 17.1 Å². The molecule has 1 amide bonds. The van der Waals surface area contributed by atoms with Crippen molar-refractivity contribution in [2.45, 2.75) is 32.9 Å². The first-order chi connectivity index (χ1) is 16.9. The number of imidazole rings is 1. The van der Waals surface area contributed by atoms with Gasteiger partial charge in [-0.2, -0.15) is 4.98 Å². The molecule has 182 valence electrons. The number of hydrogen-bond acceptors (Lipinski definition) is 8. The molecule has 0 unspecified atom stereocenters. The summed E-state index contributed by atoms with van der Waals surface area (Å²) in [4.78, 5) is 29.2. The van der Waals surface area contributed by atoms with Crippen LogP contribution in [0.2, 0.25) is 0 Å². The normalized spacial score (nSPS) is 18.1. The lowest BCUT2D eigenvalue weighted by molar-refractivity contribution is 0.102. The number of amides is 1. The molecule has 0 saturated carbocycles. The number of benzene rings is 1. The van der Waals surface area contributed by atoms with Gasteiger partial charge in [0.2, 0.25) is 0 Å². The Balaban J connectivity index is 1.55. The number of nitrogens with one attached hydrogen (secondary N) is 3. The van der Waals surface area contributed by atoms with Crippen molar-refractivity contribution >= 4 is 39.5 Å². The van der Waals surface area contributed by atoms with Crippen molar-refractivity contribution in [3.05, 3.63) is 48.0 Å². The van der Waals surface area contributed by atoms with Crippen LogP contribution in [-0.2, 0) is 0 Å². The van der Waals surface area contributed by atoms with Gasteiger partial charge in [-0.25, -0.2) is 9.97 Å². The maximum Gasteiger partial charge on any atom is 0.316 e. The fourth-order valence-electron chi connectivity index (χ4n) is 4.84. The zero-order valence-electron chi connectivity index (χ0n) is 20.6. The van der Waals surface area contributed by atoms with Crippen LogP contribution < -0.4 is 25.6 Å². The predicted molar refractivity (Wildman–Crippen MR) is 138 cm³/mol. The van der Waals surface area contributed by atoms with E-state index >= 15 is 0 Å². The van der Waals surface area contributed by atoms with Gasteiger partial charge in [-0.1, -0.05) is 0 Å². The number of hydrogen-bond donors (Lipinski definition) is 3. The van der Waals surface area contributed by atoms with Crippen molar-refractivity contribution in [3.8, 4) is 6.01 Å². The lowest BCUT2D eigenvalue weighted by atomic mass is 10.0. The van der Waals surface area contributed by atoms with E-state index in [-0.39, 0.29) is 11.9 Å². The number of fused-ring (bicyclic) bond motifs is 2. The Kier molecular flexibility index (Phi) is 5.89. The predicted octanol–water partition coefficient (Wildman–Crippen LogP) is 3.08. The molecule has 5 rings (SSSR count). The van der Waals surface area contributed by atoms with Gasteiger partial charge < -0.3 is 30.0 Å². The van der Waals surface area contributed by atoms with Crippen molar-refractivity contribution in [1.82, 2.24) is 24.7 Å². The lowest BCUT2D eigenvalue weighted by Crippen LogP contribution is -2.54. The lowest BCUT2D eigenvalue weighted by Gasteiger charge is -2.38. The van der Waals surface area contributed by atoms with Gasteiger partial charge in [-0.05, 0) is 39.0 Å². The number of piperazine rings is 1. The van der Waals surface area contributed by atoms with Crippen molar-refractivity contribution < 1.29 is 9.53 Å². The highest BCUT2D eigenvalue weighted by Crippen LogP contribution is 2.31. The molecule has 3 N–H and O–H groups in total. The van der Waals surface area contributed by atoms with E-state index in [4.69, 9.17) is 4.74 Å². The maximum atomic E-state index is 13.5. The summed E-state index contributed by atoms with van der Waals surface area (Å²) in [6.45, 7) is 7.99. The molecule has 10 nitrogen and oxygen atoms in total. The van der Waals surface area contributed by atoms with Crippen LogP contribution in [0, 0.1) is 6.92 Å². The van der Waals surface area contributed by atoms with Crippen molar-refractivity contribution in [2.75, 3.05) is 42.8 Å². The van der Waals surface area contributed by atoms with E-state index in [0.29, 0.717) is 28.9 Å². The minimum absolute atomic E-state index is 0.221. The number of aromatic nitrogens is 4. The van der Waals surface area contributed by atoms with E-state index in [2.05, 4.69) is 49.6 Å². The highest BCUT2D eigenvalue weighted by Gasteiger charge is 2.25. The van der Waals surface area contributed by atoms with E-state index in [0.717, 1.165) is 41.2 Å². The average molecular weight is 475 g/mol. The number of nitrogens with zero attached hydrogens (tertiary/aromatic N) is 5. The standard InChI is InChI=1S/C25H30N8O2/c1-14-10-32(11-15(2)28-14)21-7-6-18(22-19(21)9-27-25(31-22)35-5)24(34)30-17-8-20(26-4)23-29-16(3)12-33(23)13-17/h6-9,12-15,26,28H,10-11H2,1-5H3,(H,30,34)/t14-,15-/m0/s1. The van der Waals surface area contributed by atoms with Gasteiger partial charge in [-0.15, -0.1) is 0 Å². The quantitative estimate of drug-likeness (QED) is 0.405. The molecule has 0 aliphatic carbocycles. The molecule has 35 heavy (non-hydrogen) atoms. The number of methoxy groups -OCH3 is 1.